The first kappa shape index (κ1) is 13.0. The molecule has 1 aromatic carbocycles. The summed E-state index contributed by atoms with van der Waals surface area (Å²) in [5.41, 5.74) is 4.11. The van der Waals surface area contributed by atoms with Crippen LogP contribution in [0.15, 0.2) is 28.1 Å². The van der Waals surface area contributed by atoms with Crippen molar-refractivity contribution in [3.63, 3.8) is 0 Å². The molecule has 0 saturated carbocycles. The minimum atomic E-state index is -0.107. The third kappa shape index (κ3) is 2.36. The lowest BCUT2D eigenvalue weighted by Crippen LogP contribution is -1.92. The molecule has 0 amide bonds. The highest BCUT2D eigenvalue weighted by molar-refractivity contribution is 9.11. The molecule has 0 fully saturated rings. The average molecular weight is 362 g/mol. The Bertz CT molecular complexity index is 572. The van der Waals surface area contributed by atoms with Gasteiger partial charge in [-0.1, -0.05) is 29.8 Å². The first-order valence-electron chi connectivity index (χ1n) is 5.85. The maximum Gasteiger partial charge on any atom is 0.0928 e. The van der Waals surface area contributed by atoms with E-state index < -0.39 is 0 Å². The van der Waals surface area contributed by atoms with Crippen molar-refractivity contribution in [2.75, 3.05) is 0 Å². The summed E-state index contributed by atoms with van der Waals surface area (Å²) in [5, 5.41) is 0.631. The van der Waals surface area contributed by atoms with E-state index in [1.54, 1.807) is 11.3 Å². The van der Waals surface area contributed by atoms with Crippen molar-refractivity contribution in [3.8, 4) is 0 Å². The van der Waals surface area contributed by atoms with E-state index in [-0.39, 0.29) is 5.38 Å². The molecule has 1 aromatic heterocycles. The van der Waals surface area contributed by atoms with Crippen LogP contribution in [0.3, 0.4) is 0 Å². The molecule has 18 heavy (non-hydrogen) atoms. The van der Waals surface area contributed by atoms with E-state index in [0.717, 1.165) is 13.7 Å². The molecule has 0 N–H and O–H groups in total. The van der Waals surface area contributed by atoms with Gasteiger partial charge < -0.3 is 0 Å². The largest absolute Gasteiger partial charge is 0.130 e. The first-order chi connectivity index (χ1) is 8.65. The van der Waals surface area contributed by atoms with Gasteiger partial charge in [-0.05, 0) is 57.9 Å². The van der Waals surface area contributed by atoms with Gasteiger partial charge in [0.25, 0.3) is 0 Å². The molecule has 0 spiro atoms. The molecular weight excluding hydrogens is 351 g/mol. The van der Waals surface area contributed by atoms with Crippen LogP contribution >= 0.6 is 50.5 Å². The third-order valence-electron chi connectivity index (χ3n) is 3.33. The molecule has 0 saturated heterocycles. The summed E-state index contributed by atoms with van der Waals surface area (Å²) in [5.74, 6) is 0. The number of aryl methyl sites for hydroxylation is 2. The molecule has 1 unspecified atom stereocenters. The number of halogens is 3. The molecule has 4 heteroatoms. The molecule has 0 aliphatic heterocycles. The van der Waals surface area contributed by atoms with Crippen molar-refractivity contribution in [2.24, 2.45) is 0 Å². The smallest absolute Gasteiger partial charge is 0.0928 e. The van der Waals surface area contributed by atoms with Crippen LogP contribution in [0.2, 0.25) is 5.02 Å². The fourth-order valence-corrected chi connectivity index (χ4v) is 4.49. The maximum atomic E-state index is 6.55. The van der Waals surface area contributed by atoms with Crippen LogP contribution < -0.4 is 0 Å². The minimum Gasteiger partial charge on any atom is -0.130 e. The second-order valence-electron chi connectivity index (χ2n) is 4.51. The van der Waals surface area contributed by atoms with Gasteiger partial charge in [-0.2, -0.15) is 0 Å². The summed E-state index contributed by atoms with van der Waals surface area (Å²) in [6, 6.07) is 8.56. The monoisotopic (exact) mass is 360 g/mol. The van der Waals surface area contributed by atoms with Crippen molar-refractivity contribution in [2.45, 2.75) is 24.6 Å². The van der Waals surface area contributed by atoms with E-state index in [1.165, 1.54) is 36.0 Å². The van der Waals surface area contributed by atoms with E-state index in [1.807, 2.05) is 6.07 Å². The maximum absolute atomic E-state index is 6.55. The summed E-state index contributed by atoms with van der Waals surface area (Å²) >= 11 is 17.6. The van der Waals surface area contributed by atoms with Crippen LogP contribution in [0.25, 0.3) is 0 Å². The van der Waals surface area contributed by atoms with E-state index in [9.17, 15) is 0 Å². The van der Waals surface area contributed by atoms with Crippen LogP contribution in [-0.2, 0) is 12.8 Å². The van der Waals surface area contributed by atoms with Gasteiger partial charge >= 0.3 is 0 Å². The summed E-state index contributed by atoms with van der Waals surface area (Å²) in [7, 11) is 0. The molecule has 2 aromatic rings. The fraction of sp³-hybridized carbons (Fsp3) is 0.286. The molecule has 3 rings (SSSR count). The Morgan fingerprint density at radius 3 is 2.67 bits per heavy atom. The van der Waals surface area contributed by atoms with Crippen LogP contribution in [0.1, 0.15) is 33.4 Å². The molecule has 0 bridgehead atoms. The van der Waals surface area contributed by atoms with Gasteiger partial charge in [0.15, 0.2) is 0 Å². The van der Waals surface area contributed by atoms with Gasteiger partial charge in [0.05, 0.1) is 14.2 Å². The summed E-state index contributed by atoms with van der Waals surface area (Å²) in [4.78, 5) is 1.09. The van der Waals surface area contributed by atoms with Gasteiger partial charge in [0.2, 0.25) is 0 Å². The van der Waals surface area contributed by atoms with Crippen LogP contribution in [-0.4, -0.2) is 0 Å². The number of hydrogen-bond acceptors (Lipinski definition) is 1. The second kappa shape index (κ2) is 5.16. The zero-order valence-corrected chi connectivity index (χ0v) is 13.5. The molecule has 0 nitrogen and oxygen atoms in total. The lowest BCUT2D eigenvalue weighted by atomic mass is 10.0. The molecule has 1 heterocycles. The van der Waals surface area contributed by atoms with Crippen LogP contribution in [0, 0.1) is 0 Å². The highest BCUT2D eigenvalue weighted by atomic mass is 79.9. The Morgan fingerprint density at radius 1 is 1.17 bits per heavy atom. The Morgan fingerprint density at radius 2 is 1.94 bits per heavy atom. The zero-order valence-electron chi connectivity index (χ0n) is 9.55. The minimum absolute atomic E-state index is 0.107. The molecule has 94 valence electrons. The lowest BCUT2D eigenvalue weighted by Gasteiger charge is -2.09. The Balaban J connectivity index is 1.94. The van der Waals surface area contributed by atoms with Crippen molar-refractivity contribution in [3.05, 3.63) is 54.6 Å². The topological polar surface area (TPSA) is 0 Å². The molecule has 1 aliphatic rings. The van der Waals surface area contributed by atoms with Gasteiger partial charge in [0, 0.05) is 4.88 Å². The van der Waals surface area contributed by atoms with Crippen molar-refractivity contribution < 1.29 is 0 Å². The van der Waals surface area contributed by atoms with E-state index in [4.69, 9.17) is 23.2 Å². The molecule has 1 atom stereocenters. The van der Waals surface area contributed by atoms with Gasteiger partial charge in [-0.3, -0.25) is 0 Å². The Hall–Kier alpha value is -0.0200. The summed E-state index contributed by atoms with van der Waals surface area (Å²) in [6.07, 6.45) is 3.66. The lowest BCUT2D eigenvalue weighted by molar-refractivity contribution is 0.911. The predicted molar refractivity (Wildman–Crippen MR) is 83.2 cm³/mol. The number of thiophene rings is 1. The number of alkyl halides is 1. The summed E-state index contributed by atoms with van der Waals surface area (Å²) in [6.45, 7) is 0. The number of rotatable bonds is 2. The number of benzene rings is 1. The number of hydrogen-bond donors (Lipinski definition) is 0. The Labute approximate surface area is 129 Å². The van der Waals surface area contributed by atoms with Crippen molar-refractivity contribution in [1.82, 2.24) is 0 Å². The highest BCUT2D eigenvalue weighted by Gasteiger charge is 2.18. The Kier molecular flexibility index (Phi) is 3.72. The second-order valence-corrected chi connectivity index (χ2v) is 7.76. The highest BCUT2D eigenvalue weighted by Crippen LogP contribution is 2.41. The van der Waals surface area contributed by atoms with Gasteiger partial charge in [0.1, 0.15) is 0 Å². The van der Waals surface area contributed by atoms with Gasteiger partial charge in [-0.15, -0.1) is 22.9 Å². The quantitative estimate of drug-likeness (QED) is 0.577. The number of fused-ring (bicyclic) bond motifs is 1. The van der Waals surface area contributed by atoms with E-state index >= 15 is 0 Å². The molecule has 1 aliphatic carbocycles. The normalized spacial score (nSPS) is 15.7. The SMILES string of the molecule is Clc1cc(C(Cl)c2ccc3c(c2)CCC3)sc1Br. The van der Waals surface area contributed by atoms with Crippen LogP contribution in [0.4, 0.5) is 0 Å². The van der Waals surface area contributed by atoms with Gasteiger partial charge in [-0.25, -0.2) is 0 Å². The van der Waals surface area contributed by atoms with Crippen molar-refractivity contribution >= 4 is 50.5 Å². The third-order valence-corrected chi connectivity index (χ3v) is 6.49. The zero-order chi connectivity index (χ0) is 12.7. The summed E-state index contributed by atoms with van der Waals surface area (Å²) < 4.78 is 0.950. The van der Waals surface area contributed by atoms with Crippen LogP contribution in [0.5, 0.6) is 0 Å². The predicted octanol–water partition coefficient (Wildman–Crippen LogP) is 5.98. The van der Waals surface area contributed by atoms with Crippen molar-refractivity contribution in [1.29, 1.82) is 0 Å². The van der Waals surface area contributed by atoms with E-state index in [2.05, 4.69) is 34.1 Å². The fourth-order valence-electron chi connectivity index (χ4n) is 2.40. The molecular formula is C14H11BrCl2S. The van der Waals surface area contributed by atoms with E-state index in [0.29, 0.717) is 0 Å². The average Bonchev–Trinajstić information content (AvgIpc) is 2.95. The first-order valence-corrected chi connectivity index (χ1v) is 8.28. The molecule has 0 radical (unpaired) electrons. The standard InChI is InChI=1S/C14H11BrCl2S/c15-14-11(16)7-12(18-14)13(17)10-5-4-8-2-1-3-9(8)6-10/h4-7,13H,1-3H2.